The number of hydrogen-bond acceptors (Lipinski definition) is 7. The molecule has 1 heterocycles. The molecule has 1 atom stereocenters. The van der Waals surface area contributed by atoms with Crippen molar-refractivity contribution in [1.29, 1.82) is 0 Å². The third-order valence-electron chi connectivity index (χ3n) is 4.07. The summed E-state index contributed by atoms with van der Waals surface area (Å²) in [5.41, 5.74) is 1.39. The van der Waals surface area contributed by atoms with Crippen molar-refractivity contribution in [1.82, 2.24) is 5.01 Å². The van der Waals surface area contributed by atoms with E-state index in [1.807, 2.05) is 30.5 Å². The van der Waals surface area contributed by atoms with E-state index in [0.717, 1.165) is 16.0 Å². The molecular formula is C19H19N3O5S. The predicted octanol–water partition coefficient (Wildman–Crippen LogP) is 3.89. The van der Waals surface area contributed by atoms with Crippen molar-refractivity contribution in [2.24, 2.45) is 5.10 Å². The number of hydrogen-bond donors (Lipinski definition) is 0. The predicted molar refractivity (Wildman–Crippen MR) is 105 cm³/mol. The number of nitro groups is 1. The van der Waals surface area contributed by atoms with E-state index in [4.69, 9.17) is 9.47 Å². The average Bonchev–Trinajstić information content (AvgIpc) is 3.11. The number of carbonyl (C=O) groups excluding carboxylic acids is 1. The number of carbonyl (C=O) groups is 1. The van der Waals surface area contributed by atoms with E-state index >= 15 is 0 Å². The van der Waals surface area contributed by atoms with Crippen molar-refractivity contribution < 1.29 is 19.2 Å². The molecule has 2 aromatic rings. The van der Waals surface area contributed by atoms with Gasteiger partial charge in [-0.05, 0) is 36.9 Å². The van der Waals surface area contributed by atoms with Gasteiger partial charge in [0, 0.05) is 23.4 Å². The molecule has 0 bridgehead atoms. The summed E-state index contributed by atoms with van der Waals surface area (Å²) < 4.78 is 11.3. The zero-order valence-electron chi connectivity index (χ0n) is 15.6. The number of ether oxygens (including phenoxy) is 2. The van der Waals surface area contributed by atoms with E-state index in [2.05, 4.69) is 5.10 Å². The summed E-state index contributed by atoms with van der Waals surface area (Å²) in [6, 6.07) is 12.3. The monoisotopic (exact) mass is 401 g/mol. The van der Waals surface area contributed by atoms with Crippen LogP contribution in [-0.2, 0) is 9.53 Å². The maximum Gasteiger partial charge on any atom is 0.311 e. The molecule has 2 aromatic carbocycles. The van der Waals surface area contributed by atoms with Gasteiger partial charge in [-0.2, -0.15) is 5.01 Å². The van der Waals surface area contributed by atoms with E-state index in [-0.39, 0.29) is 29.8 Å². The van der Waals surface area contributed by atoms with Crippen molar-refractivity contribution in [3.63, 3.8) is 0 Å². The van der Waals surface area contributed by atoms with Gasteiger partial charge in [0.25, 0.3) is 0 Å². The molecule has 28 heavy (non-hydrogen) atoms. The SMILES string of the molecule is CSc1ccc([C@@H]2OC(COc3ccc(C)cc3[N+](=O)[O-])=NN2C(C)=O)cc1. The molecule has 1 amide bonds. The van der Waals surface area contributed by atoms with Crippen LogP contribution in [0.1, 0.15) is 24.3 Å². The number of benzene rings is 2. The summed E-state index contributed by atoms with van der Waals surface area (Å²) in [7, 11) is 0. The van der Waals surface area contributed by atoms with E-state index in [9.17, 15) is 14.9 Å². The van der Waals surface area contributed by atoms with Gasteiger partial charge in [0.1, 0.15) is 0 Å². The molecule has 1 aliphatic heterocycles. The topological polar surface area (TPSA) is 94.3 Å². The Balaban J connectivity index is 1.75. The molecular weight excluding hydrogens is 382 g/mol. The fourth-order valence-corrected chi connectivity index (χ4v) is 3.09. The third kappa shape index (κ3) is 4.25. The van der Waals surface area contributed by atoms with Crippen molar-refractivity contribution in [3.05, 3.63) is 63.7 Å². The first kappa shape index (κ1) is 19.7. The second-order valence-electron chi connectivity index (χ2n) is 6.12. The number of aryl methyl sites for hydroxylation is 1. The highest BCUT2D eigenvalue weighted by molar-refractivity contribution is 7.98. The molecule has 0 N–H and O–H groups in total. The highest BCUT2D eigenvalue weighted by Crippen LogP contribution is 2.31. The molecule has 0 radical (unpaired) electrons. The Morgan fingerprint density at radius 2 is 2.04 bits per heavy atom. The lowest BCUT2D eigenvalue weighted by Crippen LogP contribution is -2.25. The van der Waals surface area contributed by atoms with Gasteiger partial charge in [0.05, 0.1) is 4.92 Å². The van der Waals surface area contributed by atoms with Crippen LogP contribution in [0.4, 0.5) is 5.69 Å². The lowest BCUT2D eigenvalue weighted by atomic mass is 10.2. The van der Waals surface area contributed by atoms with Gasteiger partial charge in [-0.25, -0.2) is 0 Å². The molecule has 0 fully saturated rings. The molecule has 0 spiro atoms. The van der Waals surface area contributed by atoms with E-state index < -0.39 is 11.2 Å². The smallest absolute Gasteiger partial charge is 0.311 e. The van der Waals surface area contributed by atoms with Crippen LogP contribution in [0.15, 0.2) is 52.5 Å². The fourth-order valence-electron chi connectivity index (χ4n) is 2.68. The Bertz CT molecular complexity index is 930. The maximum atomic E-state index is 12.0. The second kappa shape index (κ2) is 8.30. The molecule has 0 saturated heterocycles. The quantitative estimate of drug-likeness (QED) is 0.414. The van der Waals surface area contributed by atoms with Crippen LogP contribution in [-0.4, -0.2) is 34.6 Å². The Morgan fingerprint density at radius 3 is 2.64 bits per heavy atom. The molecule has 3 rings (SSSR count). The standard InChI is InChI=1S/C19H19N3O5S/c1-12-4-9-17(16(10-12)22(24)25)26-11-18-20-21(13(2)23)19(27-18)14-5-7-15(28-3)8-6-14/h4-10,19H,11H2,1-3H3/t19-/m0/s1. The van der Waals surface area contributed by atoms with Crippen LogP contribution < -0.4 is 4.74 Å². The van der Waals surface area contributed by atoms with E-state index in [1.165, 1.54) is 24.1 Å². The number of rotatable bonds is 6. The molecule has 146 valence electrons. The summed E-state index contributed by atoms with van der Waals surface area (Å²) in [6.45, 7) is 3.02. The van der Waals surface area contributed by atoms with Crippen molar-refractivity contribution >= 4 is 29.3 Å². The Morgan fingerprint density at radius 1 is 1.32 bits per heavy atom. The third-order valence-corrected chi connectivity index (χ3v) is 4.82. The van der Waals surface area contributed by atoms with Crippen LogP contribution in [0.5, 0.6) is 5.75 Å². The Hall–Kier alpha value is -3.07. The summed E-state index contributed by atoms with van der Waals surface area (Å²) >= 11 is 1.61. The summed E-state index contributed by atoms with van der Waals surface area (Å²) in [5.74, 6) is 0.00308. The minimum absolute atomic E-state index is 0.115. The molecule has 9 heteroatoms. The molecule has 8 nitrogen and oxygen atoms in total. The van der Waals surface area contributed by atoms with Crippen LogP contribution >= 0.6 is 11.8 Å². The van der Waals surface area contributed by atoms with Gasteiger partial charge in [0.15, 0.2) is 12.4 Å². The van der Waals surface area contributed by atoms with Crippen LogP contribution in [0.3, 0.4) is 0 Å². The number of hydrazone groups is 1. The van der Waals surface area contributed by atoms with Gasteiger partial charge in [-0.1, -0.05) is 18.2 Å². The van der Waals surface area contributed by atoms with Gasteiger partial charge in [0.2, 0.25) is 18.0 Å². The van der Waals surface area contributed by atoms with E-state index in [0.29, 0.717) is 0 Å². The number of thioether (sulfide) groups is 1. The summed E-state index contributed by atoms with van der Waals surface area (Å²) in [4.78, 5) is 23.8. The Labute approximate surface area is 166 Å². The normalized spacial score (nSPS) is 15.8. The van der Waals surface area contributed by atoms with Gasteiger partial charge >= 0.3 is 5.69 Å². The zero-order valence-corrected chi connectivity index (χ0v) is 16.4. The molecule has 0 saturated carbocycles. The highest BCUT2D eigenvalue weighted by atomic mass is 32.2. The summed E-state index contributed by atoms with van der Waals surface area (Å²) in [5, 5.41) is 16.6. The minimum Gasteiger partial charge on any atom is -0.477 e. The zero-order chi connectivity index (χ0) is 20.3. The number of nitro benzene ring substituents is 1. The molecule has 1 aliphatic rings. The largest absolute Gasteiger partial charge is 0.477 e. The first-order chi connectivity index (χ1) is 13.4. The minimum atomic E-state index is -0.694. The van der Waals surface area contributed by atoms with E-state index in [1.54, 1.807) is 24.8 Å². The maximum absolute atomic E-state index is 12.0. The first-order valence-corrected chi connectivity index (χ1v) is 9.67. The van der Waals surface area contributed by atoms with Gasteiger partial charge in [-0.15, -0.1) is 16.9 Å². The number of nitrogens with zero attached hydrogens (tertiary/aromatic N) is 3. The van der Waals surface area contributed by atoms with Crippen LogP contribution in [0.2, 0.25) is 0 Å². The second-order valence-corrected chi connectivity index (χ2v) is 7.00. The fraction of sp³-hybridized carbons (Fsp3) is 0.263. The summed E-state index contributed by atoms with van der Waals surface area (Å²) in [6.07, 6.45) is 1.28. The Kier molecular flexibility index (Phi) is 5.84. The highest BCUT2D eigenvalue weighted by Gasteiger charge is 2.33. The van der Waals surface area contributed by atoms with Crippen LogP contribution in [0.25, 0.3) is 0 Å². The lowest BCUT2D eigenvalue weighted by molar-refractivity contribution is -0.385. The molecule has 0 aromatic heterocycles. The van der Waals surface area contributed by atoms with Crippen molar-refractivity contribution in [2.45, 2.75) is 25.0 Å². The lowest BCUT2D eigenvalue weighted by Gasteiger charge is -2.19. The van der Waals surface area contributed by atoms with Gasteiger partial charge < -0.3 is 9.47 Å². The van der Waals surface area contributed by atoms with Crippen molar-refractivity contribution in [3.8, 4) is 5.75 Å². The number of amides is 1. The molecule has 0 aliphatic carbocycles. The molecule has 0 unspecified atom stereocenters. The average molecular weight is 401 g/mol. The first-order valence-electron chi connectivity index (χ1n) is 8.44. The van der Waals surface area contributed by atoms with Crippen molar-refractivity contribution in [2.75, 3.05) is 12.9 Å². The van der Waals surface area contributed by atoms with Crippen LogP contribution in [0, 0.1) is 17.0 Å². The van der Waals surface area contributed by atoms with Gasteiger partial charge in [-0.3, -0.25) is 14.9 Å².